The predicted molar refractivity (Wildman–Crippen MR) is 101 cm³/mol. The van der Waals surface area contributed by atoms with Crippen LogP contribution in [0.1, 0.15) is 36.8 Å². The number of rotatable bonds is 5. The number of nitrogens with two attached hydrogens (primary N) is 1. The Bertz CT molecular complexity index is 1040. The summed E-state index contributed by atoms with van der Waals surface area (Å²) in [6.45, 7) is 1.48. The zero-order valence-electron chi connectivity index (χ0n) is 14.8. The number of primary amides is 1. The van der Waals surface area contributed by atoms with Gasteiger partial charge in [0.15, 0.2) is 5.76 Å². The van der Waals surface area contributed by atoms with E-state index in [1.807, 2.05) is 0 Å². The molecule has 0 bridgehead atoms. The Labute approximate surface area is 159 Å². The molecule has 0 saturated heterocycles. The van der Waals surface area contributed by atoms with Crippen LogP contribution in [0.4, 0.5) is 15.8 Å². The number of benzene rings is 2. The topological polar surface area (TPSA) is 114 Å². The Morgan fingerprint density at radius 2 is 1.68 bits per heavy atom. The molecular weight excluding hydrogens is 365 g/mol. The van der Waals surface area contributed by atoms with Gasteiger partial charge in [0.25, 0.3) is 11.8 Å². The van der Waals surface area contributed by atoms with E-state index in [9.17, 15) is 18.8 Å². The van der Waals surface area contributed by atoms with Crippen molar-refractivity contribution in [3.05, 3.63) is 83.1 Å². The van der Waals surface area contributed by atoms with Gasteiger partial charge in [-0.2, -0.15) is 0 Å². The predicted octanol–water partition coefficient (Wildman–Crippen LogP) is 3.33. The fourth-order valence-corrected chi connectivity index (χ4v) is 2.45. The Hall–Kier alpha value is -3.94. The summed E-state index contributed by atoms with van der Waals surface area (Å²) in [5, 5.41) is 5.19. The van der Waals surface area contributed by atoms with Crippen molar-refractivity contribution in [1.29, 1.82) is 0 Å². The molecule has 0 aliphatic carbocycles. The normalized spacial score (nSPS) is 10.4. The van der Waals surface area contributed by atoms with Crippen LogP contribution in [0.25, 0.3) is 0 Å². The summed E-state index contributed by atoms with van der Waals surface area (Å²) in [5.41, 5.74) is 6.20. The highest BCUT2D eigenvalue weighted by Crippen LogP contribution is 2.22. The van der Waals surface area contributed by atoms with E-state index in [4.69, 9.17) is 10.2 Å². The van der Waals surface area contributed by atoms with Gasteiger partial charge in [0.1, 0.15) is 5.82 Å². The monoisotopic (exact) mass is 381 g/mol. The van der Waals surface area contributed by atoms with E-state index in [0.717, 1.165) is 6.07 Å². The van der Waals surface area contributed by atoms with Crippen LogP contribution < -0.4 is 16.4 Å². The molecule has 3 amide bonds. The van der Waals surface area contributed by atoms with E-state index >= 15 is 0 Å². The number of carbonyl (C=O) groups excluding carboxylic acids is 3. The molecule has 3 rings (SSSR count). The lowest BCUT2D eigenvalue weighted by Crippen LogP contribution is -2.16. The number of amides is 3. The maximum Gasteiger partial charge on any atom is 0.291 e. The third-order valence-corrected chi connectivity index (χ3v) is 4.03. The molecule has 0 fully saturated rings. The quantitative estimate of drug-likeness (QED) is 0.629. The van der Waals surface area contributed by atoms with E-state index in [1.165, 1.54) is 37.5 Å². The van der Waals surface area contributed by atoms with Crippen molar-refractivity contribution in [2.75, 3.05) is 10.6 Å². The molecule has 28 heavy (non-hydrogen) atoms. The van der Waals surface area contributed by atoms with E-state index < -0.39 is 23.5 Å². The van der Waals surface area contributed by atoms with Gasteiger partial charge in [0.05, 0.1) is 6.26 Å². The minimum absolute atomic E-state index is 0.0469. The number of carbonyl (C=O) groups is 3. The Balaban J connectivity index is 1.73. The van der Waals surface area contributed by atoms with E-state index in [1.54, 1.807) is 18.2 Å². The van der Waals surface area contributed by atoms with Crippen LogP contribution in [0.3, 0.4) is 0 Å². The average Bonchev–Trinajstić information content (AvgIpc) is 3.20. The van der Waals surface area contributed by atoms with Gasteiger partial charge in [-0.3, -0.25) is 14.4 Å². The molecule has 1 aromatic heterocycles. The molecule has 7 nitrogen and oxygen atoms in total. The molecule has 3 aromatic rings. The SMILES string of the molecule is Cc1c(F)cc(C(N)=O)cc1NC(=O)c1ccc(NC(=O)c2ccco2)cc1. The van der Waals surface area contributed by atoms with E-state index in [-0.39, 0.29) is 28.1 Å². The third-order valence-electron chi connectivity index (χ3n) is 4.03. The van der Waals surface area contributed by atoms with Gasteiger partial charge < -0.3 is 20.8 Å². The van der Waals surface area contributed by atoms with Gasteiger partial charge in [-0.05, 0) is 55.5 Å². The van der Waals surface area contributed by atoms with Crippen LogP contribution in [-0.2, 0) is 0 Å². The molecule has 0 unspecified atom stereocenters. The summed E-state index contributed by atoms with van der Waals surface area (Å²) in [4.78, 5) is 35.6. The van der Waals surface area contributed by atoms with E-state index in [0.29, 0.717) is 5.69 Å². The molecule has 2 aromatic carbocycles. The van der Waals surface area contributed by atoms with Gasteiger partial charge in [-0.15, -0.1) is 0 Å². The summed E-state index contributed by atoms with van der Waals surface area (Å²) in [6.07, 6.45) is 1.39. The molecule has 0 saturated carbocycles. The number of hydrogen-bond donors (Lipinski definition) is 3. The molecular formula is C20H16FN3O4. The Morgan fingerprint density at radius 3 is 2.29 bits per heavy atom. The Morgan fingerprint density at radius 1 is 0.964 bits per heavy atom. The first kappa shape index (κ1) is 18.8. The standard InChI is InChI=1S/C20H16FN3O4/c1-11-15(21)9-13(18(22)25)10-16(11)24-19(26)12-4-6-14(7-5-12)23-20(27)17-3-2-8-28-17/h2-10H,1H3,(H2,22,25)(H,23,27)(H,24,26). The van der Waals surface area contributed by atoms with Crippen molar-refractivity contribution >= 4 is 29.1 Å². The van der Waals surface area contributed by atoms with Crippen molar-refractivity contribution < 1.29 is 23.2 Å². The number of anilines is 2. The minimum Gasteiger partial charge on any atom is -0.459 e. The fourth-order valence-electron chi connectivity index (χ4n) is 2.45. The summed E-state index contributed by atoms with van der Waals surface area (Å²) in [5.74, 6) is -2.22. The molecule has 1 heterocycles. The third kappa shape index (κ3) is 4.07. The zero-order valence-corrected chi connectivity index (χ0v) is 14.8. The number of nitrogens with one attached hydrogen (secondary N) is 2. The number of hydrogen-bond acceptors (Lipinski definition) is 4. The van der Waals surface area contributed by atoms with Crippen molar-refractivity contribution in [3.8, 4) is 0 Å². The van der Waals surface area contributed by atoms with Crippen molar-refractivity contribution in [3.63, 3.8) is 0 Å². The minimum atomic E-state index is -0.800. The first-order valence-corrected chi connectivity index (χ1v) is 8.21. The number of halogens is 1. The molecule has 4 N–H and O–H groups in total. The first-order chi connectivity index (χ1) is 13.3. The molecule has 8 heteroatoms. The second kappa shape index (κ2) is 7.75. The molecule has 0 spiro atoms. The van der Waals surface area contributed by atoms with Crippen LogP contribution in [-0.4, -0.2) is 17.7 Å². The van der Waals surface area contributed by atoms with Gasteiger partial charge >= 0.3 is 0 Å². The zero-order chi connectivity index (χ0) is 20.3. The molecule has 0 radical (unpaired) electrons. The lowest BCUT2D eigenvalue weighted by Gasteiger charge is -2.11. The highest BCUT2D eigenvalue weighted by molar-refractivity contribution is 6.06. The van der Waals surface area contributed by atoms with Crippen molar-refractivity contribution in [2.45, 2.75) is 6.92 Å². The van der Waals surface area contributed by atoms with Crippen LogP contribution in [0.2, 0.25) is 0 Å². The maximum absolute atomic E-state index is 13.9. The van der Waals surface area contributed by atoms with Crippen LogP contribution in [0.15, 0.2) is 59.2 Å². The van der Waals surface area contributed by atoms with Crippen LogP contribution in [0, 0.1) is 12.7 Å². The van der Waals surface area contributed by atoms with E-state index in [2.05, 4.69) is 10.6 Å². The highest BCUT2D eigenvalue weighted by atomic mass is 19.1. The lowest BCUT2D eigenvalue weighted by atomic mass is 10.1. The van der Waals surface area contributed by atoms with Crippen LogP contribution in [0.5, 0.6) is 0 Å². The Kier molecular flexibility index (Phi) is 5.21. The van der Waals surface area contributed by atoms with Crippen molar-refractivity contribution in [2.24, 2.45) is 5.73 Å². The van der Waals surface area contributed by atoms with Gasteiger partial charge in [-0.25, -0.2) is 4.39 Å². The molecule has 0 aliphatic rings. The molecule has 0 atom stereocenters. The maximum atomic E-state index is 13.9. The second-order valence-electron chi connectivity index (χ2n) is 5.96. The molecule has 142 valence electrons. The van der Waals surface area contributed by atoms with Crippen LogP contribution >= 0.6 is 0 Å². The highest BCUT2D eigenvalue weighted by Gasteiger charge is 2.14. The summed E-state index contributed by atoms with van der Waals surface area (Å²) >= 11 is 0. The largest absolute Gasteiger partial charge is 0.459 e. The average molecular weight is 381 g/mol. The molecule has 0 aliphatic heterocycles. The lowest BCUT2D eigenvalue weighted by molar-refractivity contribution is 0.0990. The number of furan rings is 1. The van der Waals surface area contributed by atoms with Gasteiger partial charge in [0.2, 0.25) is 5.91 Å². The van der Waals surface area contributed by atoms with Crippen molar-refractivity contribution in [1.82, 2.24) is 0 Å². The van der Waals surface area contributed by atoms with Gasteiger partial charge in [-0.1, -0.05) is 0 Å². The smallest absolute Gasteiger partial charge is 0.291 e. The fraction of sp³-hybridized carbons (Fsp3) is 0.0500. The summed E-state index contributed by atoms with van der Waals surface area (Å²) in [6, 6.07) is 11.5. The second-order valence-corrected chi connectivity index (χ2v) is 5.96. The van der Waals surface area contributed by atoms with Gasteiger partial charge in [0, 0.05) is 28.1 Å². The first-order valence-electron chi connectivity index (χ1n) is 8.21. The summed E-state index contributed by atoms with van der Waals surface area (Å²) < 4.78 is 18.9. The summed E-state index contributed by atoms with van der Waals surface area (Å²) in [7, 11) is 0.